The Morgan fingerprint density at radius 2 is 2.25 bits per heavy atom. The van der Waals surface area contributed by atoms with Crippen LogP contribution in [0.3, 0.4) is 0 Å². The number of rotatable bonds is 3. The van der Waals surface area contributed by atoms with Crippen LogP contribution < -0.4 is 5.73 Å². The molecule has 0 radical (unpaired) electrons. The molecule has 1 heterocycles. The van der Waals surface area contributed by atoms with Crippen LogP contribution in [0.1, 0.15) is 12.8 Å². The van der Waals surface area contributed by atoms with Gasteiger partial charge < -0.3 is 10.5 Å². The first kappa shape index (κ1) is 9.95. The van der Waals surface area contributed by atoms with E-state index >= 15 is 0 Å². The molecule has 1 saturated heterocycles. The minimum atomic E-state index is -2.98. The second kappa shape index (κ2) is 4.20. The summed E-state index contributed by atoms with van der Waals surface area (Å²) in [5.74, 6) is 0.0844. The van der Waals surface area contributed by atoms with Crippen LogP contribution in [0.15, 0.2) is 0 Å². The number of sulfone groups is 1. The van der Waals surface area contributed by atoms with Crippen LogP contribution in [-0.2, 0) is 14.6 Å². The minimum Gasteiger partial charge on any atom is -0.380 e. The molecule has 72 valence electrons. The summed E-state index contributed by atoms with van der Waals surface area (Å²) in [6, 6.07) is 0. The van der Waals surface area contributed by atoms with Gasteiger partial charge in [0, 0.05) is 13.2 Å². The van der Waals surface area contributed by atoms with E-state index in [0.29, 0.717) is 13.2 Å². The highest BCUT2D eigenvalue weighted by molar-refractivity contribution is 7.92. The lowest BCUT2D eigenvalue weighted by molar-refractivity contribution is 0.0991. The molecule has 0 aliphatic carbocycles. The van der Waals surface area contributed by atoms with Gasteiger partial charge in [0.1, 0.15) is 0 Å². The summed E-state index contributed by atoms with van der Waals surface area (Å²) in [7, 11) is -2.98. The fourth-order valence-electron chi connectivity index (χ4n) is 1.33. The number of nitrogens with two attached hydrogens (primary N) is 1. The van der Waals surface area contributed by atoms with Crippen molar-refractivity contribution in [1.29, 1.82) is 0 Å². The largest absolute Gasteiger partial charge is 0.380 e. The molecule has 4 nitrogen and oxygen atoms in total. The monoisotopic (exact) mass is 193 g/mol. The number of hydrogen-bond donors (Lipinski definition) is 1. The molecule has 0 amide bonds. The lowest BCUT2D eigenvalue weighted by atomic mass is 10.2. The van der Waals surface area contributed by atoms with Gasteiger partial charge >= 0.3 is 0 Å². The van der Waals surface area contributed by atoms with Gasteiger partial charge in [-0.2, -0.15) is 0 Å². The highest BCUT2D eigenvalue weighted by Gasteiger charge is 2.26. The maximum Gasteiger partial charge on any atom is 0.156 e. The second-order valence-electron chi connectivity index (χ2n) is 2.99. The first-order chi connectivity index (χ1) is 5.67. The van der Waals surface area contributed by atoms with Gasteiger partial charge in [-0.3, -0.25) is 0 Å². The van der Waals surface area contributed by atoms with Crippen molar-refractivity contribution in [3.63, 3.8) is 0 Å². The van der Waals surface area contributed by atoms with Gasteiger partial charge in [-0.1, -0.05) is 0 Å². The Bertz CT molecular complexity index is 219. The van der Waals surface area contributed by atoms with Gasteiger partial charge in [0.2, 0.25) is 0 Å². The van der Waals surface area contributed by atoms with Gasteiger partial charge in [-0.15, -0.1) is 0 Å². The first-order valence-corrected chi connectivity index (χ1v) is 5.88. The fraction of sp³-hybridized carbons (Fsp3) is 1.00. The third-order valence-corrected chi connectivity index (χ3v) is 4.22. The summed E-state index contributed by atoms with van der Waals surface area (Å²) in [4.78, 5) is 0. The van der Waals surface area contributed by atoms with Crippen LogP contribution in [0.4, 0.5) is 0 Å². The van der Waals surface area contributed by atoms with E-state index in [4.69, 9.17) is 10.5 Å². The standard InChI is InChI=1S/C7H15NO3S/c8-3-5-12(9,10)7-2-1-4-11-6-7/h7H,1-6,8H2. The molecule has 12 heavy (non-hydrogen) atoms. The van der Waals surface area contributed by atoms with E-state index in [0.717, 1.165) is 12.8 Å². The van der Waals surface area contributed by atoms with Crippen molar-refractivity contribution in [2.24, 2.45) is 5.73 Å². The smallest absolute Gasteiger partial charge is 0.156 e. The Kier molecular flexibility index (Phi) is 3.49. The highest BCUT2D eigenvalue weighted by atomic mass is 32.2. The Morgan fingerprint density at radius 1 is 1.50 bits per heavy atom. The average Bonchev–Trinajstić information content (AvgIpc) is 2.06. The summed E-state index contributed by atoms with van der Waals surface area (Å²) >= 11 is 0. The van der Waals surface area contributed by atoms with Crippen molar-refractivity contribution in [2.75, 3.05) is 25.5 Å². The summed E-state index contributed by atoms with van der Waals surface area (Å²) in [6.45, 7) is 1.25. The van der Waals surface area contributed by atoms with Crippen molar-refractivity contribution >= 4 is 9.84 Å². The molecule has 2 N–H and O–H groups in total. The van der Waals surface area contributed by atoms with Crippen molar-refractivity contribution in [3.05, 3.63) is 0 Å². The summed E-state index contributed by atoms with van der Waals surface area (Å²) in [5, 5.41) is -0.310. The Morgan fingerprint density at radius 3 is 2.75 bits per heavy atom. The Hall–Kier alpha value is -0.130. The molecule has 0 saturated carbocycles. The maximum atomic E-state index is 11.4. The van der Waals surface area contributed by atoms with E-state index in [1.54, 1.807) is 0 Å². The van der Waals surface area contributed by atoms with Crippen molar-refractivity contribution in [3.8, 4) is 0 Å². The predicted octanol–water partition coefficient (Wildman–Crippen LogP) is -0.461. The normalized spacial score (nSPS) is 25.6. The fourth-order valence-corrected chi connectivity index (χ4v) is 2.82. The number of hydrogen-bond acceptors (Lipinski definition) is 4. The predicted molar refractivity (Wildman–Crippen MR) is 46.7 cm³/mol. The third kappa shape index (κ3) is 2.43. The quantitative estimate of drug-likeness (QED) is 0.658. The van der Waals surface area contributed by atoms with Crippen LogP contribution in [0.5, 0.6) is 0 Å². The van der Waals surface area contributed by atoms with E-state index in [1.807, 2.05) is 0 Å². The van der Waals surface area contributed by atoms with Gasteiger partial charge in [0.15, 0.2) is 9.84 Å². The molecule has 0 aromatic carbocycles. The Balaban J connectivity index is 2.54. The molecular weight excluding hydrogens is 178 g/mol. The molecule has 1 rings (SSSR count). The van der Waals surface area contributed by atoms with Gasteiger partial charge in [0.25, 0.3) is 0 Å². The second-order valence-corrected chi connectivity index (χ2v) is 5.40. The zero-order valence-electron chi connectivity index (χ0n) is 7.03. The maximum absolute atomic E-state index is 11.4. The zero-order chi connectivity index (χ0) is 9.03. The van der Waals surface area contributed by atoms with Crippen molar-refractivity contribution in [1.82, 2.24) is 0 Å². The molecule has 0 spiro atoms. The molecule has 1 aliphatic rings. The molecule has 0 aromatic heterocycles. The molecule has 5 heteroatoms. The lowest BCUT2D eigenvalue weighted by Gasteiger charge is -2.21. The molecule has 0 bridgehead atoms. The van der Waals surface area contributed by atoms with Gasteiger partial charge in [-0.25, -0.2) is 8.42 Å². The van der Waals surface area contributed by atoms with E-state index in [-0.39, 0.29) is 17.5 Å². The molecule has 1 unspecified atom stereocenters. The molecule has 1 aliphatic heterocycles. The lowest BCUT2D eigenvalue weighted by Crippen LogP contribution is -2.34. The Labute approximate surface area is 73.0 Å². The molecule has 1 fully saturated rings. The van der Waals surface area contributed by atoms with Crippen LogP contribution in [-0.4, -0.2) is 39.2 Å². The van der Waals surface area contributed by atoms with E-state index in [9.17, 15) is 8.42 Å². The van der Waals surface area contributed by atoms with Crippen LogP contribution in [0, 0.1) is 0 Å². The van der Waals surface area contributed by atoms with Gasteiger partial charge in [-0.05, 0) is 12.8 Å². The molecule has 1 atom stereocenters. The van der Waals surface area contributed by atoms with E-state index in [1.165, 1.54) is 0 Å². The summed E-state index contributed by atoms with van der Waals surface area (Å²) < 4.78 is 27.9. The summed E-state index contributed by atoms with van der Waals surface area (Å²) in [5.41, 5.74) is 5.20. The SMILES string of the molecule is NCCS(=O)(=O)C1CCCOC1. The van der Waals surface area contributed by atoms with Crippen LogP contribution in [0.2, 0.25) is 0 Å². The van der Waals surface area contributed by atoms with E-state index in [2.05, 4.69) is 0 Å². The summed E-state index contributed by atoms with van der Waals surface area (Å²) in [6.07, 6.45) is 1.57. The van der Waals surface area contributed by atoms with Crippen molar-refractivity contribution in [2.45, 2.75) is 18.1 Å². The third-order valence-electron chi connectivity index (χ3n) is 2.03. The van der Waals surface area contributed by atoms with E-state index < -0.39 is 9.84 Å². The first-order valence-electron chi connectivity index (χ1n) is 4.16. The highest BCUT2D eigenvalue weighted by Crippen LogP contribution is 2.14. The van der Waals surface area contributed by atoms with Crippen LogP contribution >= 0.6 is 0 Å². The minimum absolute atomic E-state index is 0.0844. The molecule has 0 aromatic rings. The zero-order valence-corrected chi connectivity index (χ0v) is 7.85. The topological polar surface area (TPSA) is 69.4 Å². The van der Waals surface area contributed by atoms with Crippen LogP contribution in [0.25, 0.3) is 0 Å². The average molecular weight is 193 g/mol. The molecular formula is C7H15NO3S. The van der Waals surface area contributed by atoms with Gasteiger partial charge in [0.05, 0.1) is 17.6 Å². The van der Waals surface area contributed by atoms with Crippen molar-refractivity contribution < 1.29 is 13.2 Å². The number of ether oxygens (including phenoxy) is 1.